The highest BCUT2D eigenvalue weighted by molar-refractivity contribution is 7.89. The van der Waals surface area contributed by atoms with Crippen molar-refractivity contribution in [3.05, 3.63) is 29.8 Å². The van der Waals surface area contributed by atoms with E-state index in [9.17, 15) is 17.2 Å². The van der Waals surface area contributed by atoms with Crippen molar-refractivity contribution < 1.29 is 17.2 Å². The molecule has 0 aliphatic heterocycles. The van der Waals surface area contributed by atoms with Gasteiger partial charge in [0.25, 0.3) is 0 Å². The second-order valence-electron chi connectivity index (χ2n) is 4.09. The average molecular weight is 278 g/mol. The Morgan fingerprint density at radius 2 is 2.00 bits per heavy atom. The van der Waals surface area contributed by atoms with E-state index in [-0.39, 0.29) is 17.5 Å². The molecular weight excluding hydrogens is 262 g/mol. The molecule has 1 atom stereocenters. The molecule has 0 heterocycles. The number of sulfonamides is 1. The molecule has 1 rings (SSSR count). The summed E-state index contributed by atoms with van der Waals surface area (Å²) >= 11 is 0. The summed E-state index contributed by atoms with van der Waals surface area (Å²) in [6, 6.07) is 2.46. The van der Waals surface area contributed by atoms with Crippen LogP contribution in [0.3, 0.4) is 0 Å². The van der Waals surface area contributed by atoms with Crippen LogP contribution in [0.4, 0.5) is 8.78 Å². The van der Waals surface area contributed by atoms with E-state index in [1.807, 2.05) is 6.92 Å². The number of halogens is 2. The molecule has 1 aromatic carbocycles. The molecule has 102 valence electrons. The van der Waals surface area contributed by atoms with Gasteiger partial charge < -0.3 is 5.73 Å². The van der Waals surface area contributed by atoms with E-state index in [0.29, 0.717) is 18.9 Å². The van der Waals surface area contributed by atoms with Gasteiger partial charge in [-0.15, -0.1) is 0 Å². The van der Waals surface area contributed by atoms with Gasteiger partial charge in [-0.05, 0) is 38.0 Å². The Morgan fingerprint density at radius 3 is 2.56 bits per heavy atom. The minimum absolute atomic E-state index is 0.00207. The predicted octanol–water partition coefficient (Wildman–Crippen LogP) is 1.37. The summed E-state index contributed by atoms with van der Waals surface area (Å²) in [5.41, 5.74) is 5.52. The number of benzene rings is 1. The molecule has 3 N–H and O–H groups in total. The molecule has 0 amide bonds. The van der Waals surface area contributed by atoms with Crippen molar-refractivity contribution in [3.63, 3.8) is 0 Å². The molecule has 0 fully saturated rings. The SMILES string of the molecule is CC(N)CCCNS(=O)(=O)c1ccc(F)c(F)c1. The van der Waals surface area contributed by atoms with Gasteiger partial charge >= 0.3 is 0 Å². The van der Waals surface area contributed by atoms with E-state index < -0.39 is 21.7 Å². The first-order chi connectivity index (χ1) is 8.33. The van der Waals surface area contributed by atoms with E-state index in [1.165, 1.54) is 0 Å². The highest BCUT2D eigenvalue weighted by atomic mass is 32.2. The average Bonchev–Trinajstić information content (AvgIpc) is 2.28. The van der Waals surface area contributed by atoms with Gasteiger partial charge in [-0.3, -0.25) is 0 Å². The summed E-state index contributed by atoms with van der Waals surface area (Å²) in [6.45, 7) is 2.03. The third-order valence-electron chi connectivity index (χ3n) is 2.33. The standard InChI is InChI=1S/C11H16F2N2O2S/c1-8(14)3-2-6-15-18(16,17)9-4-5-10(12)11(13)7-9/h4-5,7-8,15H,2-3,6,14H2,1H3. The molecule has 1 unspecified atom stereocenters. The topological polar surface area (TPSA) is 72.2 Å². The van der Waals surface area contributed by atoms with Crippen molar-refractivity contribution in [2.24, 2.45) is 5.73 Å². The molecule has 0 bridgehead atoms. The fourth-order valence-electron chi connectivity index (χ4n) is 1.36. The Labute approximate surface area is 105 Å². The fourth-order valence-corrected chi connectivity index (χ4v) is 2.44. The molecular formula is C11H16F2N2O2S. The third kappa shape index (κ3) is 4.32. The Hall–Kier alpha value is -1.05. The van der Waals surface area contributed by atoms with E-state index in [1.54, 1.807) is 0 Å². The molecule has 0 saturated heterocycles. The van der Waals surface area contributed by atoms with Gasteiger partial charge in [0, 0.05) is 12.6 Å². The zero-order valence-corrected chi connectivity index (χ0v) is 10.8. The normalized spacial score (nSPS) is 13.6. The van der Waals surface area contributed by atoms with Crippen molar-refractivity contribution in [3.8, 4) is 0 Å². The molecule has 0 saturated carbocycles. The van der Waals surface area contributed by atoms with Crippen molar-refractivity contribution >= 4 is 10.0 Å². The summed E-state index contributed by atoms with van der Waals surface area (Å²) in [7, 11) is -3.79. The number of nitrogens with two attached hydrogens (primary N) is 1. The number of nitrogens with one attached hydrogen (secondary N) is 1. The molecule has 0 aliphatic carbocycles. The van der Waals surface area contributed by atoms with Crippen LogP contribution in [0.15, 0.2) is 23.1 Å². The molecule has 1 aromatic rings. The molecule has 4 nitrogen and oxygen atoms in total. The van der Waals surface area contributed by atoms with Crippen LogP contribution in [-0.2, 0) is 10.0 Å². The maximum Gasteiger partial charge on any atom is 0.240 e. The minimum Gasteiger partial charge on any atom is -0.328 e. The van der Waals surface area contributed by atoms with Crippen molar-refractivity contribution in [2.45, 2.75) is 30.7 Å². The van der Waals surface area contributed by atoms with E-state index in [0.717, 1.165) is 12.1 Å². The zero-order chi connectivity index (χ0) is 13.8. The molecule has 18 heavy (non-hydrogen) atoms. The second-order valence-corrected chi connectivity index (χ2v) is 5.86. The van der Waals surface area contributed by atoms with E-state index in [4.69, 9.17) is 5.73 Å². The Morgan fingerprint density at radius 1 is 1.33 bits per heavy atom. The van der Waals surface area contributed by atoms with E-state index >= 15 is 0 Å². The molecule has 0 aliphatic rings. The lowest BCUT2D eigenvalue weighted by Gasteiger charge is -2.08. The summed E-state index contributed by atoms with van der Waals surface area (Å²) < 4.78 is 51.3. The van der Waals surface area contributed by atoms with E-state index in [2.05, 4.69) is 4.72 Å². The van der Waals surface area contributed by atoms with Gasteiger partial charge in [-0.1, -0.05) is 0 Å². The van der Waals surface area contributed by atoms with Crippen LogP contribution in [0.2, 0.25) is 0 Å². The Bertz CT molecular complexity index is 504. The van der Waals surface area contributed by atoms with Crippen LogP contribution in [0.1, 0.15) is 19.8 Å². The lowest BCUT2D eigenvalue weighted by atomic mass is 10.2. The van der Waals surface area contributed by atoms with Crippen LogP contribution < -0.4 is 10.5 Å². The predicted molar refractivity (Wildman–Crippen MR) is 64.4 cm³/mol. The Kier molecular flexibility index (Phi) is 5.18. The first-order valence-corrected chi connectivity index (χ1v) is 7.01. The van der Waals surface area contributed by atoms with Gasteiger partial charge in [-0.2, -0.15) is 0 Å². The van der Waals surface area contributed by atoms with Crippen LogP contribution in [0.25, 0.3) is 0 Å². The zero-order valence-electron chi connectivity index (χ0n) is 9.99. The summed E-state index contributed by atoms with van der Waals surface area (Å²) in [4.78, 5) is -0.290. The number of hydrogen-bond acceptors (Lipinski definition) is 3. The number of hydrogen-bond donors (Lipinski definition) is 2. The van der Waals surface area contributed by atoms with Crippen LogP contribution in [-0.4, -0.2) is 21.0 Å². The lowest BCUT2D eigenvalue weighted by molar-refractivity contribution is 0.504. The fraction of sp³-hybridized carbons (Fsp3) is 0.455. The van der Waals surface area contributed by atoms with Crippen LogP contribution in [0, 0.1) is 11.6 Å². The van der Waals surface area contributed by atoms with Crippen molar-refractivity contribution in [1.29, 1.82) is 0 Å². The van der Waals surface area contributed by atoms with Gasteiger partial charge in [-0.25, -0.2) is 21.9 Å². The number of rotatable bonds is 6. The highest BCUT2D eigenvalue weighted by Gasteiger charge is 2.15. The smallest absolute Gasteiger partial charge is 0.240 e. The van der Waals surface area contributed by atoms with Gasteiger partial charge in [0.1, 0.15) is 0 Å². The summed E-state index contributed by atoms with van der Waals surface area (Å²) in [5.74, 6) is -2.26. The summed E-state index contributed by atoms with van der Waals surface area (Å²) in [6.07, 6.45) is 1.26. The van der Waals surface area contributed by atoms with Crippen molar-refractivity contribution in [1.82, 2.24) is 4.72 Å². The Balaban J connectivity index is 2.66. The molecule has 7 heteroatoms. The van der Waals surface area contributed by atoms with Crippen LogP contribution >= 0.6 is 0 Å². The van der Waals surface area contributed by atoms with Gasteiger partial charge in [0.15, 0.2) is 11.6 Å². The molecule has 0 radical (unpaired) electrons. The third-order valence-corrected chi connectivity index (χ3v) is 3.79. The second kappa shape index (κ2) is 6.21. The van der Waals surface area contributed by atoms with Gasteiger partial charge in [0.2, 0.25) is 10.0 Å². The minimum atomic E-state index is -3.79. The van der Waals surface area contributed by atoms with Crippen LogP contribution in [0.5, 0.6) is 0 Å². The highest BCUT2D eigenvalue weighted by Crippen LogP contribution is 2.13. The maximum absolute atomic E-state index is 12.9. The largest absolute Gasteiger partial charge is 0.328 e. The van der Waals surface area contributed by atoms with Crippen molar-refractivity contribution in [2.75, 3.05) is 6.54 Å². The monoisotopic (exact) mass is 278 g/mol. The lowest BCUT2D eigenvalue weighted by Crippen LogP contribution is -2.26. The first kappa shape index (κ1) is 15.0. The maximum atomic E-state index is 12.9. The summed E-state index contributed by atoms with van der Waals surface area (Å²) in [5, 5.41) is 0. The quantitative estimate of drug-likeness (QED) is 0.772. The first-order valence-electron chi connectivity index (χ1n) is 5.53. The van der Waals surface area contributed by atoms with Gasteiger partial charge in [0.05, 0.1) is 4.90 Å². The molecule has 0 spiro atoms. The molecule has 0 aromatic heterocycles.